The summed E-state index contributed by atoms with van der Waals surface area (Å²) in [6.45, 7) is 0. The molecule has 0 amide bonds. The molecule has 1 aliphatic rings. The van der Waals surface area contributed by atoms with E-state index in [-0.39, 0.29) is 0 Å². The summed E-state index contributed by atoms with van der Waals surface area (Å²) < 4.78 is 1.84. The molecule has 0 aliphatic heterocycles. The molecule has 0 aromatic carbocycles. The van der Waals surface area contributed by atoms with Crippen molar-refractivity contribution in [2.45, 2.75) is 29.1 Å². The average Bonchev–Trinajstić information content (AvgIpc) is 3.00. The highest BCUT2D eigenvalue weighted by molar-refractivity contribution is 7.99. The first-order valence-electron chi connectivity index (χ1n) is 4.86. The maximum atomic E-state index is 5.57. The first-order chi connectivity index (χ1) is 7.83. The second-order valence-electron chi connectivity index (χ2n) is 3.52. The molecule has 2 heterocycles. The number of nitrogen functional groups attached to an aromatic ring is 1. The Kier molecular flexibility index (Phi) is 2.21. The van der Waals surface area contributed by atoms with Gasteiger partial charge in [0.25, 0.3) is 0 Å². The number of rotatable bonds is 3. The summed E-state index contributed by atoms with van der Waals surface area (Å²) >= 11 is 1.40. The fourth-order valence-corrected chi connectivity index (χ4v) is 2.13. The van der Waals surface area contributed by atoms with Crippen LogP contribution in [0.25, 0.3) is 0 Å². The number of aromatic nitrogens is 6. The van der Waals surface area contributed by atoms with E-state index >= 15 is 0 Å². The molecule has 0 unspecified atom stereocenters. The number of tetrazole rings is 1. The lowest BCUT2D eigenvalue weighted by atomic mass is 10.6. The lowest BCUT2D eigenvalue weighted by molar-refractivity contribution is 0.565. The number of hydrogen-bond donors (Lipinski definition) is 1. The van der Waals surface area contributed by atoms with Crippen molar-refractivity contribution in [2.24, 2.45) is 0 Å². The second kappa shape index (κ2) is 3.71. The monoisotopic (exact) mass is 235 g/mol. The van der Waals surface area contributed by atoms with Crippen molar-refractivity contribution in [3.05, 3.63) is 12.4 Å². The number of nitrogens with zero attached hydrogens (tertiary/aromatic N) is 6. The van der Waals surface area contributed by atoms with Crippen LogP contribution >= 0.6 is 11.8 Å². The van der Waals surface area contributed by atoms with Gasteiger partial charge in [0.2, 0.25) is 5.16 Å². The van der Waals surface area contributed by atoms with E-state index in [1.54, 1.807) is 6.07 Å². The van der Waals surface area contributed by atoms with E-state index in [1.807, 2.05) is 4.68 Å². The van der Waals surface area contributed by atoms with Crippen molar-refractivity contribution in [1.29, 1.82) is 0 Å². The number of nitrogens with two attached hydrogens (primary N) is 1. The van der Waals surface area contributed by atoms with Crippen molar-refractivity contribution < 1.29 is 0 Å². The van der Waals surface area contributed by atoms with Crippen molar-refractivity contribution in [1.82, 2.24) is 30.2 Å². The van der Waals surface area contributed by atoms with E-state index in [0.29, 0.717) is 11.9 Å². The summed E-state index contributed by atoms with van der Waals surface area (Å²) in [6, 6.07) is 2.16. The standard InChI is InChI=1S/C8H9N7S/c9-6-3-7(11-4-10-6)16-8-12-13-14-15(8)5-1-2-5/h3-5H,1-2H2,(H2,9,10,11). The van der Waals surface area contributed by atoms with Crippen molar-refractivity contribution in [3.63, 3.8) is 0 Å². The largest absolute Gasteiger partial charge is 0.384 e. The lowest BCUT2D eigenvalue weighted by Gasteiger charge is -2.01. The maximum Gasteiger partial charge on any atom is 0.215 e. The summed E-state index contributed by atoms with van der Waals surface area (Å²) in [7, 11) is 0. The van der Waals surface area contributed by atoms with Gasteiger partial charge in [-0.2, -0.15) is 0 Å². The predicted molar refractivity (Wildman–Crippen MR) is 56.7 cm³/mol. The van der Waals surface area contributed by atoms with Gasteiger partial charge >= 0.3 is 0 Å². The molecular weight excluding hydrogens is 226 g/mol. The van der Waals surface area contributed by atoms with E-state index in [2.05, 4.69) is 25.5 Å². The maximum absolute atomic E-state index is 5.57. The molecule has 2 N–H and O–H groups in total. The van der Waals surface area contributed by atoms with Gasteiger partial charge in [0, 0.05) is 6.07 Å². The van der Waals surface area contributed by atoms with Gasteiger partial charge in [-0.1, -0.05) is 0 Å². The molecule has 16 heavy (non-hydrogen) atoms. The van der Waals surface area contributed by atoms with Gasteiger partial charge in [-0.05, 0) is 35.0 Å². The molecule has 2 aromatic rings. The highest BCUT2D eigenvalue weighted by Gasteiger charge is 2.28. The van der Waals surface area contributed by atoms with E-state index in [0.717, 1.165) is 23.0 Å². The van der Waals surface area contributed by atoms with Crippen LogP contribution in [0.4, 0.5) is 5.82 Å². The summed E-state index contributed by atoms with van der Waals surface area (Å²) in [5, 5.41) is 13.1. The third-order valence-electron chi connectivity index (χ3n) is 2.21. The van der Waals surface area contributed by atoms with Crippen LogP contribution in [0.5, 0.6) is 0 Å². The Balaban J connectivity index is 1.85. The Morgan fingerprint density at radius 3 is 3.00 bits per heavy atom. The summed E-state index contributed by atoms with van der Waals surface area (Å²) in [5.41, 5.74) is 5.57. The Labute approximate surface area is 95.5 Å². The fraction of sp³-hybridized carbons (Fsp3) is 0.375. The van der Waals surface area contributed by atoms with Gasteiger partial charge in [-0.3, -0.25) is 0 Å². The molecule has 1 fully saturated rings. The predicted octanol–water partition coefficient (Wildman–Crippen LogP) is 0.531. The van der Waals surface area contributed by atoms with Gasteiger partial charge in [-0.15, -0.1) is 5.10 Å². The minimum Gasteiger partial charge on any atom is -0.384 e. The zero-order valence-electron chi connectivity index (χ0n) is 8.32. The smallest absolute Gasteiger partial charge is 0.215 e. The molecule has 0 spiro atoms. The summed E-state index contributed by atoms with van der Waals surface area (Å²) in [5.74, 6) is 0.447. The normalized spacial score (nSPS) is 15.2. The quantitative estimate of drug-likeness (QED) is 0.775. The van der Waals surface area contributed by atoms with E-state index < -0.39 is 0 Å². The van der Waals surface area contributed by atoms with Gasteiger partial charge in [0.15, 0.2) is 0 Å². The Hall–Kier alpha value is -1.70. The van der Waals surface area contributed by atoms with Crippen molar-refractivity contribution >= 4 is 17.6 Å². The van der Waals surface area contributed by atoms with Crippen LogP contribution in [0.15, 0.2) is 22.6 Å². The number of anilines is 1. The van der Waals surface area contributed by atoms with Gasteiger partial charge in [0.1, 0.15) is 17.2 Å². The van der Waals surface area contributed by atoms with Crippen LogP contribution in [-0.2, 0) is 0 Å². The Morgan fingerprint density at radius 2 is 2.25 bits per heavy atom. The number of hydrogen-bond acceptors (Lipinski definition) is 7. The van der Waals surface area contributed by atoms with E-state index in [1.165, 1.54) is 18.1 Å². The molecular formula is C8H9N7S. The van der Waals surface area contributed by atoms with Gasteiger partial charge in [0.05, 0.1) is 6.04 Å². The Morgan fingerprint density at radius 1 is 1.38 bits per heavy atom. The molecule has 2 aromatic heterocycles. The molecule has 82 valence electrons. The highest BCUT2D eigenvalue weighted by atomic mass is 32.2. The summed E-state index contributed by atoms with van der Waals surface area (Å²) in [6.07, 6.45) is 3.72. The average molecular weight is 235 g/mol. The SMILES string of the molecule is Nc1cc(Sc2nnnn2C2CC2)ncn1. The second-order valence-corrected chi connectivity index (χ2v) is 4.51. The first kappa shape index (κ1) is 9.52. The Bertz CT molecular complexity index is 507. The molecule has 1 saturated carbocycles. The molecule has 8 heteroatoms. The molecule has 0 atom stereocenters. The molecule has 0 saturated heterocycles. The molecule has 1 aliphatic carbocycles. The minimum absolute atomic E-state index is 0.447. The first-order valence-corrected chi connectivity index (χ1v) is 5.68. The van der Waals surface area contributed by atoms with Crippen LogP contribution in [-0.4, -0.2) is 30.2 Å². The van der Waals surface area contributed by atoms with Crippen molar-refractivity contribution in [2.75, 3.05) is 5.73 Å². The van der Waals surface area contributed by atoms with E-state index in [9.17, 15) is 0 Å². The molecule has 0 radical (unpaired) electrons. The van der Waals surface area contributed by atoms with E-state index in [4.69, 9.17) is 5.73 Å². The minimum atomic E-state index is 0.447. The molecule has 3 rings (SSSR count). The summed E-state index contributed by atoms with van der Waals surface area (Å²) in [4.78, 5) is 7.93. The van der Waals surface area contributed by atoms with Crippen molar-refractivity contribution in [3.8, 4) is 0 Å². The van der Waals surface area contributed by atoms with Crippen LogP contribution in [0.1, 0.15) is 18.9 Å². The van der Waals surface area contributed by atoms with Crippen LogP contribution < -0.4 is 5.73 Å². The zero-order chi connectivity index (χ0) is 11.0. The topological polar surface area (TPSA) is 95.4 Å². The highest BCUT2D eigenvalue weighted by Crippen LogP contribution is 2.37. The molecule has 0 bridgehead atoms. The molecule has 7 nitrogen and oxygen atoms in total. The van der Waals surface area contributed by atoms with Crippen LogP contribution in [0.3, 0.4) is 0 Å². The van der Waals surface area contributed by atoms with Gasteiger partial charge < -0.3 is 5.73 Å². The van der Waals surface area contributed by atoms with Crippen LogP contribution in [0.2, 0.25) is 0 Å². The van der Waals surface area contributed by atoms with Gasteiger partial charge in [-0.25, -0.2) is 14.6 Å². The third kappa shape index (κ3) is 1.83. The lowest BCUT2D eigenvalue weighted by Crippen LogP contribution is -1.99. The fourth-order valence-electron chi connectivity index (χ4n) is 1.30. The third-order valence-corrected chi connectivity index (χ3v) is 3.10. The van der Waals surface area contributed by atoms with Crippen LogP contribution in [0, 0.1) is 0 Å². The zero-order valence-corrected chi connectivity index (χ0v) is 9.13.